The summed E-state index contributed by atoms with van der Waals surface area (Å²) in [5, 5.41) is 4.47. The van der Waals surface area contributed by atoms with Crippen molar-refractivity contribution in [3.8, 4) is 5.00 Å². The second-order valence-corrected chi connectivity index (χ2v) is 10.6. The second-order valence-electron chi connectivity index (χ2n) is 9.53. The molecule has 0 spiro atoms. The van der Waals surface area contributed by atoms with E-state index in [4.69, 9.17) is 0 Å². The van der Waals surface area contributed by atoms with Gasteiger partial charge in [-0.3, -0.25) is 0 Å². The molecule has 4 nitrogen and oxygen atoms in total. The molecule has 1 atom stereocenters. The van der Waals surface area contributed by atoms with Gasteiger partial charge in [-0.2, -0.15) is 0 Å². The van der Waals surface area contributed by atoms with Crippen LogP contribution in [0.3, 0.4) is 0 Å². The SMILES string of the molecule is Cc1ccc(NC(=O)N2Cc3c(sc4c3CCCC4)-n3cccc3[C@H]2c2ccc(C)cc2)cc1. The molecule has 2 amide bonds. The third-order valence-corrected chi connectivity index (χ3v) is 8.47. The molecule has 0 radical (unpaired) electrons. The van der Waals surface area contributed by atoms with E-state index in [-0.39, 0.29) is 12.1 Å². The Morgan fingerprint density at radius 1 is 0.912 bits per heavy atom. The quantitative estimate of drug-likeness (QED) is 0.333. The number of urea groups is 1. The minimum atomic E-state index is -0.167. The first-order chi connectivity index (χ1) is 16.6. The van der Waals surface area contributed by atoms with E-state index in [0.29, 0.717) is 6.54 Å². The highest BCUT2D eigenvalue weighted by atomic mass is 32.1. The van der Waals surface area contributed by atoms with E-state index in [1.807, 2.05) is 40.5 Å². The van der Waals surface area contributed by atoms with Crippen LogP contribution in [0, 0.1) is 13.8 Å². The molecule has 1 N–H and O–H groups in total. The molecule has 172 valence electrons. The standard InChI is InChI=1S/C29H29N3OS/c1-19-9-13-21(14-10-19)27-25-7-5-17-31(25)28-24(23-6-3-4-8-26(23)34-28)18-32(27)29(33)30-22-15-11-20(2)12-16-22/h5,7,9-17,27H,3-4,6,8,18H2,1-2H3,(H,30,33)/t27-/m1/s1. The van der Waals surface area contributed by atoms with Crippen molar-refractivity contribution in [2.24, 2.45) is 0 Å². The Labute approximate surface area is 204 Å². The molecule has 6 rings (SSSR count). The van der Waals surface area contributed by atoms with Gasteiger partial charge in [0.05, 0.1) is 18.3 Å². The van der Waals surface area contributed by atoms with Crippen molar-refractivity contribution in [1.29, 1.82) is 0 Å². The summed E-state index contributed by atoms with van der Waals surface area (Å²) in [5.41, 5.74) is 8.29. The summed E-state index contributed by atoms with van der Waals surface area (Å²) in [7, 11) is 0. The largest absolute Gasteiger partial charge is 0.322 e. The van der Waals surface area contributed by atoms with Crippen LogP contribution in [-0.4, -0.2) is 15.5 Å². The lowest BCUT2D eigenvalue weighted by Crippen LogP contribution is -2.38. The fraction of sp³-hybridized carbons (Fsp3) is 0.276. The number of rotatable bonds is 2. The number of carbonyl (C=O) groups is 1. The maximum atomic E-state index is 13.9. The first kappa shape index (κ1) is 21.2. The van der Waals surface area contributed by atoms with E-state index >= 15 is 0 Å². The molecule has 2 aromatic heterocycles. The van der Waals surface area contributed by atoms with E-state index in [2.05, 4.69) is 66.3 Å². The summed E-state index contributed by atoms with van der Waals surface area (Å²) in [6, 6.07) is 20.7. The minimum Gasteiger partial charge on any atom is -0.310 e. The number of hydrogen-bond acceptors (Lipinski definition) is 2. The first-order valence-corrected chi connectivity index (χ1v) is 12.9. The maximum Gasteiger partial charge on any atom is 0.322 e. The van der Waals surface area contributed by atoms with Gasteiger partial charge in [-0.25, -0.2) is 4.79 Å². The number of fused-ring (bicyclic) bond motifs is 5. The highest BCUT2D eigenvalue weighted by Crippen LogP contribution is 2.44. The molecule has 1 aliphatic heterocycles. The zero-order valence-corrected chi connectivity index (χ0v) is 20.5. The zero-order chi connectivity index (χ0) is 23.2. The number of nitrogens with one attached hydrogen (secondary N) is 1. The summed E-state index contributed by atoms with van der Waals surface area (Å²) in [6.07, 6.45) is 6.92. The highest BCUT2D eigenvalue weighted by molar-refractivity contribution is 7.15. The monoisotopic (exact) mass is 467 g/mol. The second kappa shape index (κ2) is 8.48. The third kappa shape index (κ3) is 3.64. The van der Waals surface area contributed by atoms with Crippen LogP contribution in [0.4, 0.5) is 10.5 Å². The number of aromatic nitrogens is 1. The summed E-state index contributed by atoms with van der Waals surface area (Å²) in [5.74, 6) is 0. The van der Waals surface area contributed by atoms with Gasteiger partial charge in [0.25, 0.3) is 0 Å². The number of aryl methyl sites for hydroxylation is 3. The van der Waals surface area contributed by atoms with Crippen LogP contribution in [0.15, 0.2) is 66.9 Å². The van der Waals surface area contributed by atoms with Gasteiger partial charge in [-0.05, 0) is 74.9 Å². The van der Waals surface area contributed by atoms with Crippen molar-refractivity contribution in [3.05, 3.63) is 105 Å². The molecule has 0 saturated heterocycles. The van der Waals surface area contributed by atoms with Gasteiger partial charge < -0.3 is 14.8 Å². The summed E-state index contributed by atoms with van der Waals surface area (Å²) < 4.78 is 2.34. The van der Waals surface area contributed by atoms with Crippen LogP contribution in [0.2, 0.25) is 0 Å². The topological polar surface area (TPSA) is 37.3 Å². The van der Waals surface area contributed by atoms with Crippen LogP contribution in [-0.2, 0) is 19.4 Å². The van der Waals surface area contributed by atoms with Crippen LogP contribution >= 0.6 is 11.3 Å². The zero-order valence-electron chi connectivity index (χ0n) is 19.7. The Morgan fingerprint density at radius 2 is 1.62 bits per heavy atom. The van der Waals surface area contributed by atoms with Crippen molar-refractivity contribution >= 4 is 23.1 Å². The number of anilines is 1. The van der Waals surface area contributed by atoms with E-state index < -0.39 is 0 Å². The molecule has 1 aliphatic carbocycles. The fourth-order valence-corrected chi connectivity index (χ4v) is 6.72. The third-order valence-electron chi connectivity index (χ3n) is 7.14. The Balaban J connectivity index is 1.49. The fourth-order valence-electron chi connectivity index (χ4n) is 5.32. The van der Waals surface area contributed by atoms with E-state index in [9.17, 15) is 4.79 Å². The van der Waals surface area contributed by atoms with Gasteiger partial charge in [0.1, 0.15) is 5.00 Å². The smallest absolute Gasteiger partial charge is 0.310 e. The number of benzene rings is 2. The van der Waals surface area contributed by atoms with Crippen LogP contribution in [0.1, 0.15) is 57.3 Å². The van der Waals surface area contributed by atoms with Gasteiger partial charge in [0.15, 0.2) is 0 Å². The molecule has 0 fully saturated rings. The molecule has 0 saturated carbocycles. The van der Waals surface area contributed by atoms with Gasteiger partial charge in [0.2, 0.25) is 0 Å². The van der Waals surface area contributed by atoms with Gasteiger partial charge >= 0.3 is 6.03 Å². The average molecular weight is 468 g/mol. The van der Waals surface area contributed by atoms with Crippen molar-refractivity contribution < 1.29 is 4.79 Å². The van der Waals surface area contributed by atoms with Gasteiger partial charge in [-0.1, -0.05) is 47.5 Å². The molecular weight excluding hydrogens is 438 g/mol. The van der Waals surface area contributed by atoms with Crippen molar-refractivity contribution in [3.63, 3.8) is 0 Å². The molecule has 0 unspecified atom stereocenters. The van der Waals surface area contributed by atoms with Crippen molar-refractivity contribution in [2.45, 2.75) is 52.1 Å². The van der Waals surface area contributed by atoms with Gasteiger partial charge in [-0.15, -0.1) is 11.3 Å². The van der Waals surface area contributed by atoms with E-state index in [0.717, 1.165) is 29.8 Å². The Hall–Kier alpha value is -3.31. The number of amides is 2. The Bertz CT molecular complexity index is 1350. The number of thiophene rings is 1. The van der Waals surface area contributed by atoms with Crippen LogP contribution in [0.25, 0.3) is 5.00 Å². The predicted molar refractivity (Wildman–Crippen MR) is 139 cm³/mol. The van der Waals surface area contributed by atoms with Crippen LogP contribution in [0.5, 0.6) is 0 Å². The van der Waals surface area contributed by atoms with Gasteiger partial charge in [0, 0.05) is 22.3 Å². The lowest BCUT2D eigenvalue weighted by Gasteiger charge is -2.31. The molecule has 2 aromatic carbocycles. The summed E-state index contributed by atoms with van der Waals surface area (Å²) in [4.78, 5) is 17.4. The molecule has 34 heavy (non-hydrogen) atoms. The highest BCUT2D eigenvalue weighted by Gasteiger charge is 2.36. The Morgan fingerprint density at radius 3 is 2.38 bits per heavy atom. The maximum absolute atomic E-state index is 13.9. The Kier molecular flexibility index (Phi) is 5.30. The average Bonchev–Trinajstić information content (AvgIpc) is 3.43. The lowest BCUT2D eigenvalue weighted by atomic mass is 9.95. The molecule has 5 heteroatoms. The number of nitrogens with zero attached hydrogens (tertiary/aromatic N) is 2. The first-order valence-electron chi connectivity index (χ1n) is 12.1. The minimum absolute atomic E-state index is 0.0641. The van der Waals surface area contributed by atoms with Crippen molar-refractivity contribution in [2.75, 3.05) is 5.32 Å². The number of hydrogen-bond donors (Lipinski definition) is 1. The normalized spacial score (nSPS) is 16.9. The van der Waals surface area contributed by atoms with Crippen molar-refractivity contribution in [1.82, 2.24) is 9.47 Å². The molecule has 3 heterocycles. The summed E-state index contributed by atoms with van der Waals surface area (Å²) in [6.45, 7) is 4.77. The van der Waals surface area contributed by atoms with E-state index in [1.165, 1.54) is 45.0 Å². The lowest BCUT2D eigenvalue weighted by molar-refractivity contribution is 0.194. The molecule has 0 bridgehead atoms. The molecule has 4 aromatic rings. The molecular formula is C29H29N3OS. The predicted octanol–water partition coefficient (Wildman–Crippen LogP) is 7.17. The van der Waals surface area contributed by atoms with Crippen LogP contribution < -0.4 is 5.32 Å². The summed E-state index contributed by atoms with van der Waals surface area (Å²) >= 11 is 1.92. The molecule has 2 aliphatic rings. The van der Waals surface area contributed by atoms with E-state index in [1.54, 1.807) is 0 Å². The number of carbonyl (C=O) groups excluding carboxylic acids is 1.